The number of ether oxygens (including phenoxy) is 1. The summed E-state index contributed by atoms with van der Waals surface area (Å²) in [6.45, 7) is 7.64. The van der Waals surface area contributed by atoms with E-state index in [9.17, 15) is 0 Å². The number of aryl methyl sites for hydroxylation is 2. The van der Waals surface area contributed by atoms with Gasteiger partial charge in [0.25, 0.3) is 0 Å². The molecule has 1 unspecified atom stereocenters. The van der Waals surface area contributed by atoms with Crippen LogP contribution in [0.1, 0.15) is 30.8 Å². The van der Waals surface area contributed by atoms with Crippen LogP contribution in [0.4, 0.5) is 0 Å². The third-order valence-electron chi connectivity index (χ3n) is 5.30. The summed E-state index contributed by atoms with van der Waals surface area (Å²) in [5.74, 6) is 3.63. The van der Waals surface area contributed by atoms with E-state index >= 15 is 0 Å². The van der Waals surface area contributed by atoms with Gasteiger partial charge in [0.05, 0.1) is 24.1 Å². The maximum atomic E-state index is 5.15. The molecule has 0 saturated carbocycles. The first-order valence-corrected chi connectivity index (χ1v) is 10.6. The number of para-hydroxylation sites is 2. The highest BCUT2D eigenvalue weighted by atomic mass is 16.5. The van der Waals surface area contributed by atoms with Gasteiger partial charge in [-0.05, 0) is 32.4 Å². The quantitative estimate of drug-likeness (QED) is 0.454. The van der Waals surface area contributed by atoms with Crippen molar-refractivity contribution < 1.29 is 4.74 Å². The van der Waals surface area contributed by atoms with Gasteiger partial charge in [-0.15, -0.1) is 0 Å². The average molecular weight is 411 g/mol. The fourth-order valence-electron chi connectivity index (χ4n) is 3.92. The number of guanidine groups is 1. The first-order chi connectivity index (χ1) is 14.7. The third-order valence-corrected chi connectivity index (χ3v) is 5.30. The Morgan fingerprint density at radius 3 is 3.00 bits per heavy atom. The van der Waals surface area contributed by atoms with E-state index in [2.05, 4.69) is 43.3 Å². The zero-order valence-electron chi connectivity index (χ0n) is 17.9. The Balaban J connectivity index is 1.39. The highest BCUT2D eigenvalue weighted by Gasteiger charge is 2.22. The number of benzene rings is 1. The van der Waals surface area contributed by atoms with Crippen LogP contribution in [0.2, 0.25) is 0 Å². The lowest BCUT2D eigenvalue weighted by Gasteiger charge is -2.25. The van der Waals surface area contributed by atoms with Gasteiger partial charge in [0, 0.05) is 32.7 Å². The number of imidazole rings is 1. The topological polar surface area (TPSA) is 94.2 Å². The van der Waals surface area contributed by atoms with Crippen LogP contribution in [-0.4, -0.2) is 56.5 Å². The molecule has 2 N–H and O–H groups in total. The van der Waals surface area contributed by atoms with E-state index in [0.717, 1.165) is 66.9 Å². The fraction of sp³-hybridized carbons (Fsp3) is 0.524. The van der Waals surface area contributed by atoms with Crippen LogP contribution in [-0.2, 0) is 30.9 Å². The van der Waals surface area contributed by atoms with Crippen molar-refractivity contribution in [2.24, 2.45) is 4.99 Å². The lowest BCUT2D eigenvalue weighted by atomic mass is 10.1. The Kier molecular flexibility index (Phi) is 6.27. The summed E-state index contributed by atoms with van der Waals surface area (Å²) in [5.41, 5.74) is 2.18. The van der Waals surface area contributed by atoms with E-state index in [-0.39, 0.29) is 6.04 Å². The molecule has 4 rings (SSSR count). The summed E-state index contributed by atoms with van der Waals surface area (Å²) in [6.07, 6.45) is 1.90. The molecule has 160 valence electrons. The van der Waals surface area contributed by atoms with E-state index < -0.39 is 0 Å². The van der Waals surface area contributed by atoms with Gasteiger partial charge in [0.2, 0.25) is 0 Å². The standard InChI is InChI=1S/C21H30N8O/c1-4-22-21(23-11-12-28-15(2)24-17-7-5-6-8-18(17)28)25-16-9-10-20-26-19(14-30-3)27-29(20)13-16/h5-8,16H,4,9-14H2,1-3H3,(H2,22,23,25). The Hall–Kier alpha value is -2.94. The largest absolute Gasteiger partial charge is 0.377 e. The van der Waals surface area contributed by atoms with Crippen molar-refractivity contribution in [3.8, 4) is 0 Å². The number of aliphatic imine (C=N–C) groups is 1. The number of rotatable bonds is 7. The molecule has 0 bridgehead atoms. The van der Waals surface area contributed by atoms with Crippen LogP contribution in [0.5, 0.6) is 0 Å². The van der Waals surface area contributed by atoms with Crippen LogP contribution < -0.4 is 10.6 Å². The molecule has 1 atom stereocenters. The Morgan fingerprint density at radius 2 is 2.17 bits per heavy atom. The second-order valence-electron chi connectivity index (χ2n) is 7.50. The van der Waals surface area contributed by atoms with E-state index in [4.69, 9.17) is 9.73 Å². The van der Waals surface area contributed by atoms with E-state index in [1.165, 1.54) is 0 Å². The third kappa shape index (κ3) is 4.46. The molecule has 3 aromatic rings. The van der Waals surface area contributed by atoms with Crippen molar-refractivity contribution in [2.45, 2.75) is 52.4 Å². The number of fused-ring (bicyclic) bond motifs is 2. The van der Waals surface area contributed by atoms with Crippen molar-refractivity contribution >= 4 is 17.0 Å². The van der Waals surface area contributed by atoms with Crippen molar-refractivity contribution in [1.29, 1.82) is 0 Å². The maximum Gasteiger partial charge on any atom is 0.191 e. The van der Waals surface area contributed by atoms with Crippen LogP contribution in [0, 0.1) is 6.92 Å². The number of aromatic nitrogens is 5. The summed E-state index contributed by atoms with van der Waals surface area (Å²) >= 11 is 0. The van der Waals surface area contributed by atoms with E-state index in [1.807, 2.05) is 29.8 Å². The van der Waals surface area contributed by atoms with Crippen molar-refractivity contribution in [3.63, 3.8) is 0 Å². The zero-order valence-corrected chi connectivity index (χ0v) is 17.9. The second kappa shape index (κ2) is 9.25. The summed E-state index contributed by atoms with van der Waals surface area (Å²) in [7, 11) is 1.66. The molecule has 0 radical (unpaired) electrons. The molecule has 0 spiro atoms. The van der Waals surface area contributed by atoms with Gasteiger partial charge in [-0.25, -0.2) is 14.6 Å². The molecule has 2 aromatic heterocycles. The molecule has 1 aliphatic heterocycles. The summed E-state index contributed by atoms with van der Waals surface area (Å²) in [5, 5.41) is 11.5. The first kappa shape index (κ1) is 20.3. The molecule has 1 aromatic carbocycles. The van der Waals surface area contributed by atoms with Gasteiger partial charge in [-0.3, -0.25) is 4.99 Å². The lowest BCUT2D eigenvalue weighted by molar-refractivity contribution is 0.177. The van der Waals surface area contributed by atoms with E-state index in [1.54, 1.807) is 7.11 Å². The number of hydrogen-bond acceptors (Lipinski definition) is 5. The van der Waals surface area contributed by atoms with Gasteiger partial charge in [-0.1, -0.05) is 12.1 Å². The smallest absolute Gasteiger partial charge is 0.191 e. The Labute approximate surface area is 176 Å². The molecule has 1 aliphatic rings. The van der Waals surface area contributed by atoms with Crippen molar-refractivity contribution in [3.05, 3.63) is 41.7 Å². The van der Waals surface area contributed by atoms with Crippen LogP contribution in [0.15, 0.2) is 29.3 Å². The lowest BCUT2D eigenvalue weighted by Crippen LogP contribution is -2.47. The number of nitrogens with one attached hydrogen (secondary N) is 2. The van der Waals surface area contributed by atoms with Gasteiger partial charge in [0.15, 0.2) is 11.8 Å². The fourth-order valence-corrected chi connectivity index (χ4v) is 3.92. The summed E-state index contributed by atoms with van der Waals surface area (Å²) in [4.78, 5) is 14.0. The molecule has 0 fully saturated rings. The van der Waals surface area contributed by atoms with Crippen LogP contribution >= 0.6 is 0 Å². The zero-order chi connectivity index (χ0) is 20.9. The normalized spacial score (nSPS) is 16.6. The molecule has 30 heavy (non-hydrogen) atoms. The molecule has 9 heteroatoms. The molecular weight excluding hydrogens is 380 g/mol. The van der Waals surface area contributed by atoms with Crippen molar-refractivity contribution in [2.75, 3.05) is 20.2 Å². The number of hydrogen-bond donors (Lipinski definition) is 2. The SMILES string of the molecule is CCNC(=NCCn1c(C)nc2ccccc21)NC1CCc2nc(COC)nn2C1. The van der Waals surface area contributed by atoms with Gasteiger partial charge >= 0.3 is 0 Å². The molecule has 0 saturated heterocycles. The predicted molar refractivity (Wildman–Crippen MR) is 116 cm³/mol. The molecule has 3 heterocycles. The van der Waals surface area contributed by atoms with Gasteiger partial charge in [0.1, 0.15) is 18.3 Å². The molecule has 9 nitrogen and oxygen atoms in total. The maximum absolute atomic E-state index is 5.15. The monoisotopic (exact) mass is 410 g/mol. The number of methoxy groups -OCH3 is 1. The van der Waals surface area contributed by atoms with Crippen LogP contribution in [0.25, 0.3) is 11.0 Å². The molecule has 0 amide bonds. The number of nitrogens with zero attached hydrogens (tertiary/aromatic N) is 6. The Morgan fingerprint density at radius 1 is 1.30 bits per heavy atom. The van der Waals surface area contributed by atoms with E-state index in [0.29, 0.717) is 13.2 Å². The van der Waals surface area contributed by atoms with Crippen molar-refractivity contribution in [1.82, 2.24) is 34.9 Å². The minimum absolute atomic E-state index is 0.267. The van der Waals surface area contributed by atoms with Gasteiger partial charge < -0.3 is 19.9 Å². The highest BCUT2D eigenvalue weighted by molar-refractivity contribution is 5.80. The Bertz CT molecular complexity index is 1020. The average Bonchev–Trinajstić information content (AvgIpc) is 3.28. The van der Waals surface area contributed by atoms with Gasteiger partial charge in [-0.2, -0.15) is 5.10 Å². The summed E-state index contributed by atoms with van der Waals surface area (Å²) in [6, 6.07) is 8.50. The summed E-state index contributed by atoms with van der Waals surface area (Å²) < 4.78 is 9.36. The van der Waals surface area contributed by atoms with Crippen LogP contribution in [0.3, 0.4) is 0 Å². The highest BCUT2D eigenvalue weighted by Crippen LogP contribution is 2.15. The second-order valence-corrected chi connectivity index (χ2v) is 7.50. The first-order valence-electron chi connectivity index (χ1n) is 10.6. The minimum atomic E-state index is 0.267. The predicted octanol–water partition coefficient (Wildman–Crippen LogP) is 1.65. The minimum Gasteiger partial charge on any atom is -0.377 e. The molecule has 0 aliphatic carbocycles. The molecular formula is C21H30N8O.